The molecule has 2 aromatic carbocycles. The Morgan fingerprint density at radius 1 is 1.12 bits per heavy atom. The van der Waals surface area contributed by atoms with E-state index in [1.807, 2.05) is 42.5 Å². The van der Waals surface area contributed by atoms with Gasteiger partial charge in [0.15, 0.2) is 17.3 Å². The first-order valence-corrected chi connectivity index (χ1v) is 11.8. The lowest BCUT2D eigenvalue weighted by molar-refractivity contribution is 0.285. The highest BCUT2D eigenvalue weighted by Gasteiger charge is 2.14. The fourth-order valence-electron chi connectivity index (χ4n) is 3.35. The van der Waals surface area contributed by atoms with Gasteiger partial charge in [-0.2, -0.15) is 9.50 Å². The average molecular weight is 470 g/mol. The average Bonchev–Trinajstić information content (AvgIpc) is 3.33. The van der Waals surface area contributed by atoms with E-state index in [4.69, 9.17) is 21.1 Å². The third-order valence-electron chi connectivity index (χ3n) is 5.04. The standard InChI is InChI=1S/C24H24ClN3O3S/c1-3-4-5-8-13-31-19-12-11-16(14-20(19)30-2)15-21-23(29)28-24(32-21)26-22(27-28)17-9-6-7-10-18(17)25/h6-7,9-12,14-15H,3-5,8,13H2,1-2H3/b21-15-. The molecule has 6 nitrogen and oxygen atoms in total. The van der Waals surface area contributed by atoms with Gasteiger partial charge < -0.3 is 9.47 Å². The molecule has 0 aliphatic carbocycles. The number of ether oxygens (including phenoxy) is 2. The van der Waals surface area contributed by atoms with Crippen molar-refractivity contribution in [3.8, 4) is 22.9 Å². The minimum Gasteiger partial charge on any atom is -0.493 e. The molecular weight excluding hydrogens is 446 g/mol. The second-order valence-electron chi connectivity index (χ2n) is 7.34. The predicted molar refractivity (Wildman–Crippen MR) is 129 cm³/mol. The van der Waals surface area contributed by atoms with E-state index in [9.17, 15) is 4.79 Å². The van der Waals surface area contributed by atoms with Gasteiger partial charge in [0.25, 0.3) is 5.56 Å². The van der Waals surface area contributed by atoms with Crippen LogP contribution in [0.4, 0.5) is 0 Å². The van der Waals surface area contributed by atoms with Gasteiger partial charge in [-0.15, -0.1) is 5.10 Å². The molecule has 0 unspecified atom stereocenters. The summed E-state index contributed by atoms with van der Waals surface area (Å²) >= 11 is 7.52. The van der Waals surface area contributed by atoms with E-state index in [2.05, 4.69) is 17.0 Å². The Morgan fingerprint density at radius 2 is 1.97 bits per heavy atom. The van der Waals surface area contributed by atoms with Crippen molar-refractivity contribution in [2.45, 2.75) is 32.6 Å². The second kappa shape index (κ2) is 10.1. The van der Waals surface area contributed by atoms with Crippen molar-refractivity contribution in [2.24, 2.45) is 0 Å². The zero-order valence-electron chi connectivity index (χ0n) is 18.0. The van der Waals surface area contributed by atoms with Gasteiger partial charge in [0.1, 0.15) is 0 Å². The van der Waals surface area contributed by atoms with E-state index >= 15 is 0 Å². The number of benzene rings is 2. The summed E-state index contributed by atoms with van der Waals surface area (Å²) in [5, 5.41) is 4.91. The van der Waals surface area contributed by atoms with Crippen LogP contribution in [-0.4, -0.2) is 28.3 Å². The van der Waals surface area contributed by atoms with E-state index in [1.54, 1.807) is 13.2 Å². The van der Waals surface area contributed by atoms with Gasteiger partial charge in [0, 0.05) is 5.56 Å². The molecule has 0 bridgehead atoms. The van der Waals surface area contributed by atoms with Gasteiger partial charge in [-0.1, -0.05) is 67.3 Å². The minimum absolute atomic E-state index is 0.217. The van der Waals surface area contributed by atoms with Crippen LogP contribution in [0.1, 0.15) is 38.2 Å². The first-order valence-electron chi connectivity index (χ1n) is 10.6. The molecule has 0 spiro atoms. The molecule has 0 atom stereocenters. The van der Waals surface area contributed by atoms with Gasteiger partial charge in [0.05, 0.1) is 23.3 Å². The largest absolute Gasteiger partial charge is 0.493 e. The van der Waals surface area contributed by atoms with Crippen LogP contribution in [0.3, 0.4) is 0 Å². The SMILES string of the molecule is CCCCCCOc1ccc(/C=c2\sc3nc(-c4ccccc4Cl)nn3c2=O)cc1OC. The molecule has 8 heteroatoms. The lowest BCUT2D eigenvalue weighted by atomic mass is 10.2. The van der Waals surface area contributed by atoms with E-state index < -0.39 is 0 Å². The Labute approximate surface area is 195 Å². The van der Waals surface area contributed by atoms with Crippen molar-refractivity contribution in [3.05, 3.63) is 67.9 Å². The third-order valence-corrected chi connectivity index (χ3v) is 6.33. The van der Waals surface area contributed by atoms with Crippen LogP contribution in [-0.2, 0) is 0 Å². The molecule has 4 rings (SSSR count). The van der Waals surface area contributed by atoms with E-state index in [-0.39, 0.29) is 5.56 Å². The first-order chi connectivity index (χ1) is 15.6. The Bertz CT molecular complexity index is 1330. The molecule has 0 aliphatic heterocycles. The van der Waals surface area contributed by atoms with Gasteiger partial charge in [-0.3, -0.25) is 4.79 Å². The minimum atomic E-state index is -0.217. The topological polar surface area (TPSA) is 65.7 Å². The maximum absolute atomic E-state index is 12.9. The third kappa shape index (κ3) is 4.79. The van der Waals surface area contributed by atoms with Crippen LogP contribution in [0, 0.1) is 0 Å². The number of thiazole rings is 1. The molecule has 0 amide bonds. The smallest absolute Gasteiger partial charge is 0.291 e. The highest BCUT2D eigenvalue weighted by molar-refractivity contribution is 7.15. The number of methoxy groups -OCH3 is 1. The molecule has 166 valence electrons. The molecule has 0 saturated heterocycles. The van der Waals surface area contributed by atoms with Crippen LogP contribution in [0.15, 0.2) is 47.3 Å². The summed E-state index contributed by atoms with van der Waals surface area (Å²) in [5.41, 5.74) is 1.32. The normalized spacial score (nSPS) is 11.9. The molecule has 4 aromatic rings. The van der Waals surface area contributed by atoms with Crippen molar-refractivity contribution >= 4 is 34.0 Å². The molecule has 2 heterocycles. The number of unbranched alkanes of at least 4 members (excludes halogenated alkanes) is 3. The fourth-order valence-corrected chi connectivity index (χ4v) is 4.47. The van der Waals surface area contributed by atoms with Gasteiger partial charge >= 0.3 is 0 Å². The lowest BCUT2D eigenvalue weighted by Gasteiger charge is -2.11. The summed E-state index contributed by atoms with van der Waals surface area (Å²) in [7, 11) is 1.61. The summed E-state index contributed by atoms with van der Waals surface area (Å²) in [4.78, 5) is 17.9. The molecule has 0 fully saturated rings. The summed E-state index contributed by atoms with van der Waals surface area (Å²) in [6.07, 6.45) is 6.39. The number of hydrogen-bond acceptors (Lipinski definition) is 6. The molecule has 0 aliphatic rings. The quantitative estimate of drug-likeness (QED) is 0.323. The number of aromatic nitrogens is 3. The van der Waals surface area contributed by atoms with Crippen molar-refractivity contribution in [2.75, 3.05) is 13.7 Å². The Morgan fingerprint density at radius 3 is 2.72 bits per heavy atom. The van der Waals surface area contributed by atoms with Gasteiger partial charge in [0.2, 0.25) is 4.96 Å². The molecule has 32 heavy (non-hydrogen) atoms. The summed E-state index contributed by atoms with van der Waals surface area (Å²) in [5.74, 6) is 1.78. The number of nitrogens with zero attached hydrogens (tertiary/aromatic N) is 3. The van der Waals surface area contributed by atoms with E-state index in [0.717, 1.165) is 18.4 Å². The molecule has 0 radical (unpaired) electrons. The van der Waals surface area contributed by atoms with Crippen molar-refractivity contribution in [3.63, 3.8) is 0 Å². The zero-order chi connectivity index (χ0) is 22.5. The second-order valence-corrected chi connectivity index (χ2v) is 8.76. The Hall–Kier alpha value is -2.90. The summed E-state index contributed by atoms with van der Waals surface area (Å²) in [6.45, 7) is 2.84. The van der Waals surface area contributed by atoms with Crippen LogP contribution in [0.5, 0.6) is 11.5 Å². The Kier molecular flexibility index (Phi) is 7.07. The fraction of sp³-hybridized carbons (Fsp3) is 0.292. The molecule has 2 aromatic heterocycles. The van der Waals surface area contributed by atoms with Crippen LogP contribution in [0.2, 0.25) is 5.02 Å². The number of fused-ring (bicyclic) bond motifs is 1. The monoisotopic (exact) mass is 469 g/mol. The maximum Gasteiger partial charge on any atom is 0.291 e. The lowest BCUT2D eigenvalue weighted by Crippen LogP contribution is -2.23. The van der Waals surface area contributed by atoms with Gasteiger partial charge in [-0.05, 0) is 42.3 Å². The molecule has 0 saturated carbocycles. The van der Waals surface area contributed by atoms with E-state index in [0.29, 0.717) is 44.0 Å². The Balaban J connectivity index is 1.58. The highest BCUT2D eigenvalue weighted by atomic mass is 35.5. The van der Waals surface area contributed by atoms with Crippen LogP contribution in [0.25, 0.3) is 22.4 Å². The summed E-state index contributed by atoms with van der Waals surface area (Å²) in [6, 6.07) is 13.0. The van der Waals surface area contributed by atoms with Crippen molar-refractivity contribution in [1.29, 1.82) is 0 Å². The van der Waals surface area contributed by atoms with Gasteiger partial charge in [-0.25, -0.2) is 0 Å². The number of hydrogen-bond donors (Lipinski definition) is 0. The predicted octanol–water partition coefficient (Wildman–Crippen LogP) is 4.99. The van der Waals surface area contributed by atoms with Crippen LogP contribution >= 0.6 is 22.9 Å². The number of rotatable bonds is 9. The molecular formula is C24H24ClN3O3S. The highest BCUT2D eigenvalue weighted by Crippen LogP contribution is 2.29. The van der Waals surface area contributed by atoms with Crippen LogP contribution < -0.4 is 19.6 Å². The first kappa shape index (κ1) is 22.3. The van der Waals surface area contributed by atoms with Crippen molar-refractivity contribution < 1.29 is 9.47 Å². The van der Waals surface area contributed by atoms with E-state index in [1.165, 1.54) is 28.7 Å². The summed E-state index contributed by atoms with van der Waals surface area (Å²) < 4.78 is 13.2. The maximum atomic E-state index is 12.9. The van der Waals surface area contributed by atoms with Crippen molar-refractivity contribution in [1.82, 2.24) is 14.6 Å². The molecule has 0 N–H and O–H groups in total. The number of halogens is 1. The zero-order valence-corrected chi connectivity index (χ0v) is 19.6.